The molecule has 2 N–H and O–H groups in total. The number of amides is 3. The number of anilines is 2. The molecule has 1 atom stereocenters. The van der Waals surface area contributed by atoms with Gasteiger partial charge in [0.2, 0.25) is 5.91 Å². The summed E-state index contributed by atoms with van der Waals surface area (Å²) in [6.45, 7) is 0.825. The number of aromatic nitrogens is 1. The predicted molar refractivity (Wildman–Crippen MR) is 120 cm³/mol. The Morgan fingerprint density at radius 2 is 2.03 bits per heavy atom. The number of nitrogens with one attached hydrogen (secondary N) is 2. The fourth-order valence-corrected chi connectivity index (χ4v) is 3.78. The van der Waals surface area contributed by atoms with Crippen molar-refractivity contribution in [2.75, 3.05) is 43.7 Å². The lowest BCUT2D eigenvalue weighted by atomic mass is 10.1. The summed E-state index contributed by atoms with van der Waals surface area (Å²) in [6.07, 6.45) is -2.21. The van der Waals surface area contributed by atoms with E-state index in [4.69, 9.17) is 9.47 Å². The molecule has 0 bridgehead atoms. The summed E-state index contributed by atoms with van der Waals surface area (Å²) in [4.78, 5) is 31.3. The standard InChI is InChI=1S/C23H23F3N4O5/c1-33-13-19(14-2-4-16(5-3-14)35-23(24,25)26)29-22(32)30-12-20(31)27-18-7-6-17(28-21(18)30)15-8-10-34-11-9-15/h2-8,19H,9-13H2,1H3,(H,27,31)(H,29,32). The van der Waals surface area contributed by atoms with Gasteiger partial charge >= 0.3 is 12.4 Å². The summed E-state index contributed by atoms with van der Waals surface area (Å²) in [5, 5.41) is 5.49. The van der Waals surface area contributed by atoms with Gasteiger partial charge in [-0.2, -0.15) is 0 Å². The number of urea groups is 1. The van der Waals surface area contributed by atoms with Crippen LogP contribution in [0, 0.1) is 0 Å². The van der Waals surface area contributed by atoms with Crippen LogP contribution in [0.5, 0.6) is 5.75 Å². The van der Waals surface area contributed by atoms with Gasteiger partial charge in [0.05, 0.1) is 37.2 Å². The van der Waals surface area contributed by atoms with E-state index in [2.05, 4.69) is 20.4 Å². The number of methoxy groups -OCH3 is 1. The molecule has 1 aromatic carbocycles. The number of hydrogen-bond donors (Lipinski definition) is 2. The van der Waals surface area contributed by atoms with E-state index in [9.17, 15) is 22.8 Å². The van der Waals surface area contributed by atoms with Gasteiger partial charge in [0.1, 0.15) is 12.3 Å². The second-order valence-corrected chi connectivity index (χ2v) is 7.83. The number of hydrogen-bond acceptors (Lipinski definition) is 6. The Kier molecular flexibility index (Phi) is 7.22. The molecule has 0 spiro atoms. The average molecular weight is 492 g/mol. The molecule has 2 aliphatic heterocycles. The van der Waals surface area contributed by atoms with Gasteiger partial charge in [0, 0.05) is 7.11 Å². The van der Waals surface area contributed by atoms with Gasteiger partial charge in [-0.05, 0) is 41.8 Å². The van der Waals surface area contributed by atoms with Crippen LogP contribution in [0.2, 0.25) is 0 Å². The lowest BCUT2D eigenvalue weighted by molar-refractivity contribution is -0.274. The molecule has 2 aromatic rings. The van der Waals surface area contributed by atoms with E-state index in [0.717, 1.165) is 17.7 Å². The Balaban J connectivity index is 1.56. The summed E-state index contributed by atoms with van der Waals surface area (Å²) < 4.78 is 51.8. The van der Waals surface area contributed by atoms with Crippen molar-refractivity contribution in [2.24, 2.45) is 0 Å². The van der Waals surface area contributed by atoms with Crippen LogP contribution in [0.15, 0.2) is 42.5 Å². The van der Waals surface area contributed by atoms with Crippen molar-refractivity contribution in [3.8, 4) is 5.75 Å². The fraction of sp³-hybridized carbons (Fsp3) is 0.348. The Morgan fingerprint density at radius 1 is 1.26 bits per heavy atom. The van der Waals surface area contributed by atoms with Crippen LogP contribution in [0.4, 0.5) is 29.5 Å². The second-order valence-electron chi connectivity index (χ2n) is 7.83. The van der Waals surface area contributed by atoms with Crippen molar-refractivity contribution >= 4 is 29.0 Å². The maximum absolute atomic E-state index is 13.2. The van der Waals surface area contributed by atoms with Crippen molar-refractivity contribution in [1.29, 1.82) is 0 Å². The number of alkyl halides is 3. The van der Waals surface area contributed by atoms with Gasteiger partial charge in [-0.15, -0.1) is 13.2 Å². The number of pyridine rings is 1. The molecule has 186 valence electrons. The SMILES string of the molecule is COCC(NC(=O)N1CC(=O)Nc2ccc(C3=CCOCC3)nc21)c1ccc(OC(F)(F)F)cc1. The Labute approximate surface area is 198 Å². The van der Waals surface area contributed by atoms with E-state index in [-0.39, 0.29) is 30.6 Å². The number of halogens is 3. The van der Waals surface area contributed by atoms with Crippen LogP contribution in [0.25, 0.3) is 5.57 Å². The molecule has 0 fully saturated rings. The number of nitrogens with zero attached hydrogens (tertiary/aromatic N) is 2. The van der Waals surface area contributed by atoms with Crippen LogP contribution >= 0.6 is 0 Å². The smallest absolute Gasteiger partial charge is 0.406 e. The van der Waals surface area contributed by atoms with Crippen molar-refractivity contribution in [2.45, 2.75) is 18.8 Å². The van der Waals surface area contributed by atoms with Crippen LogP contribution in [0.3, 0.4) is 0 Å². The molecule has 4 rings (SSSR count). The molecule has 2 aliphatic rings. The fourth-order valence-electron chi connectivity index (χ4n) is 3.78. The molecule has 9 nitrogen and oxygen atoms in total. The molecule has 1 unspecified atom stereocenters. The first-order chi connectivity index (χ1) is 16.7. The monoisotopic (exact) mass is 492 g/mol. The van der Waals surface area contributed by atoms with Crippen molar-refractivity contribution in [3.05, 3.63) is 53.7 Å². The largest absolute Gasteiger partial charge is 0.573 e. The number of carbonyl (C=O) groups is 2. The summed E-state index contributed by atoms with van der Waals surface area (Å²) in [5.41, 5.74) is 2.54. The molecule has 0 aliphatic carbocycles. The van der Waals surface area contributed by atoms with E-state index in [0.29, 0.717) is 36.6 Å². The third-order valence-electron chi connectivity index (χ3n) is 5.39. The van der Waals surface area contributed by atoms with E-state index >= 15 is 0 Å². The zero-order valence-electron chi connectivity index (χ0n) is 18.7. The molecule has 0 saturated carbocycles. The molecule has 0 radical (unpaired) electrons. The van der Waals surface area contributed by atoms with Crippen molar-refractivity contribution in [1.82, 2.24) is 10.3 Å². The lowest BCUT2D eigenvalue weighted by Gasteiger charge is -2.30. The molecule has 1 aromatic heterocycles. The van der Waals surface area contributed by atoms with E-state index < -0.39 is 18.4 Å². The summed E-state index contributed by atoms with van der Waals surface area (Å²) >= 11 is 0. The minimum Gasteiger partial charge on any atom is -0.406 e. The van der Waals surface area contributed by atoms with Gasteiger partial charge in [0.15, 0.2) is 5.82 Å². The third kappa shape index (κ3) is 6.08. The predicted octanol–water partition coefficient (Wildman–Crippen LogP) is 3.64. The number of benzene rings is 1. The Bertz CT molecular complexity index is 1120. The highest BCUT2D eigenvalue weighted by atomic mass is 19.4. The molecule has 12 heteroatoms. The van der Waals surface area contributed by atoms with Crippen molar-refractivity contribution < 1.29 is 37.0 Å². The van der Waals surface area contributed by atoms with Gasteiger partial charge in [-0.3, -0.25) is 9.69 Å². The van der Waals surface area contributed by atoms with Gasteiger partial charge in [0.25, 0.3) is 0 Å². The van der Waals surface area contributed by atoms with Crippen LogP contribution in [-0.4, -0.2) is 56.8 Å². The normalized spacial score (nSPS) is 16.6. The molecule has 3 amide bonds. The summed E-state index contributed by atoms with van der Waals surface area (Å²) in [5.74, 6) is -0.481. The Morgan fingerprint density at radius 3 is 2.69 bits per heavy atom. The quantitative estimate of drug-likeness (QED) is 0.639. The first kappa shape index (κ1) is 24.5. The first-order valence-corrected chi connectivity index (χ1v) is 10.7. The molecular weight excluding hydrogens is 469 g/mol. The second kappa shape index (κ2) is 10.3. The van der Waals surface area contributed by atoms with Crippen LogP contribution in [0.1, 0.15) is 23.7 Å². The molecule has 0 saturated heterocycles. The number of rotatable bonds is 6. The van der Waals surface area contributed by atoms with E-state index in [1.165, 1.54) is 24.1 Å². The lowest BCUT2D eigenvalue weighted by Crippen LogP contribution is -2.49. The molecule has 35 heavy (non-hydrogen) atoms. The third-order valence-corrected chi connectivity index (χ3v) is 5.39. The molecular formula is C23H23F3N4O5. The van der Waals surface area contributed by atoms with E-state index in [1.807, 2.05) is 6.08 Å². The van der Waals surface area contributed by atoms with E-state index in [1.54, 1.807) is 12.1 Å². The van der Waals surface area contributed by atoms with Gasteiger partial charge in [-0.25, -0.2) is 9.78 Å². The summed E-state index contributed by atoms with van der Waals surface area (Å²) in [7, 11) is 1.43. The zero-order chi connectivity index (χ0) is 25.0. The minimum absolute atomic E-state index is 0.0401. The average Bonchev–Trinajstić information content (AvgIpc) is 2.83. The van der Waals surface area contributed by atoms with Gasteiger partial charge < -0.3 is 24.8 Å². The maximum atomic E-state index is 13.2. The highest BCUT2D eigenvalue weighted by Crippen LogP contribution is 2.31. The van der Waals surface area contributed by atoms with Crippen LogP contribution in [-0.2, 0) is 14.3 Å². The van der Waals surface area contributed by atoms with Crippen LogP contribution < -0.4 is 20.3 Å². The first-order valence-electron chi connectivity index (χ1n) is 10.7. The maximum Gasteiger partial charge on any atom is 0.573 e. The highest BCUT2D eigenvalue weighted by molar-refractivity contribution is 6.08. The number of fused-ring (bicyclic) bond motifs is 1. The number of ether oxygens (including phenoxy) is 3. The minimum atomic E-state index is -4.81. The Hall–Kier alpha value is -3.64. The van der Waals surface area contributed by atoms with Gasteiger partial charge in [-0.1, -0.05) is 18.2 Å². The zero-order valence-corrected chi connectivity index (χ0v) is 18.7. The summed E-state index contributed by atoms with van der Waals surface area (Å²) in [6, 6.07) is 7.25. The van der Waals surface area contributed by atoms with Crippen molar-refractivity contribution in [3.63, 3.8) is 0 Å². The molecule has 3 heterocycles. The highest BCUT2D eigenvalue weighted by Gasteiger charge is 2.32. The topological polar surface area (TPSA) is 102 Å². The number of carbonyl (C=O) groups excluding carboxylic acids is 2.